The molecule has 1 aromatic carbocycles. The van der Waals surface area contributed by atoms with Gasteiger partial charge in [0.1, 0.15) is 23.7 Å². The van der Waals surface area contributed by atoms with Gasteiger partial charge in [-0.05, 0) is 94.7 Å². The van der Waals surface area contributed by atoms with Crippen molar-refractivity contribution in [3.8, 4) is 11.6 Å². The Morgan fingerprint density at radius 3 is 2.50 bits per heavy atom. The minimum atomic E-state index is -4.93. The fraction of sp³-hybridized carbons (Fsp3) is 0.615. The lowest BCUT2D eigenvalue weighted by atomic mass is 9.88. The zero-order valence-corrected chi connectivity index (χ0v) is 33.7. The summed E-state index contributed by atoms with van der Waals surface area (Å²) in [5, 5.41) is 5.15. The fourth-order valence-electron chi connectivity index (χ4n) is 7.61. The lowest BCUT2D eigenvalue weighted by Gasteiger charge is -2.34. The lowest BCUT2D eigenvalue weighted by molar-refractivity contribution is -0.244. The van der Waals surface area contributed by atoms with E-state index < -0.39 is 92.2 Å². The van der Waals surface area contributed by atoms with Gasteiger partial charge in [-0.2, -0.15) is 13.2 Å². The molecule has 4 aliphatic rings. The summed E-state index contributed by atoms with van der Waals surface area (Å²) in [5.41, 5.74) is -4.57. The molecule has 2 saturated carbocycles. The average molecular weight is 840 g/mol. The van der Waals surface area contributed by atoms with Crippen LogP contribution < -0.4 is 24.8 Å². The zero-order valence-electron chi connectivity index (χ0n) is 32.9. The molecule has 6 rings (SSSR count). The van der Waals surface area contributed by atoms with Gasteiger partial charge >= 0.3 is 12.3 Å². The number of aromatic nitrogens is 1. The highest BCUT2D eigenvalue weighted by Gasteiger charge is 2.62. The van der Waals surface area contributed by atoms with Gasteiger partial charge in [-0.15, -0.1) is 0 Å². The van der Waals surface area contributed by atoms with Crippen LogP contribution >= 0.6 is 0 Å². The van der Waals surface area contributed by atoms with E-state index in [1.54, 1.807) is 26.0 Å². The summed E-state index contributed by atoms with van der Waals surface area (Å²) in [7, 11) is -4.01. The van der Waals surface area contributed by atoms with Crippen LogP contribution in [-0.2, 0) is 29.1 Å². The van der Waals surface area contributed by atoms with E-state index in [1.165, 1.54) is 18.3 Å². The maximum Gasteiger partial charge on any atom is 0.427 e. The van der Waals surface area contributed by atoms with Crippen molar-refractivity contribution < 1.29 is 59.4 Å². The van der Waals surface area contributed by atoms with Gasteiger partial charge in [0.15, 0.2) is 11.6 Å². The van der Waals surface area contributed by atoms with Crippen molar-refractivity contribution in [2.24, 2.45) is 17.8 Å². The standard InChI is InChI=1S/C39H49F4N5O9S/c1-6-55-30-16-23-13-14-44-33(27(23)18-28(30)40)56-25-17-29-32(49)46-38(35(51)47-58(53,54)26-11-12-26)19-24(38)10-8-7-9-21(2)15-22(3)31(34(50)48(29)20-25)45-36(52)57-37(4,5)39(41,42)43/h8,10,13-14,16,18,21-22,24-26,29,31H,6-7,9,11-12,15,17,19-20H2,1-5H3,(H,45,52)(H,46,49)(H,47,51)/b10-8-/t21-,22-,24?,25-,29+,31+,38-/m1/s1. The van der Waals surface area contributed by atoms with Crippen LogP contribution in [0, 0.1) is 23.6 Å². The summed E-state index contributed by atoms with van der Waals surface area (Å²) in [6, 6.07) is 1.41. The van der Waals surface area contributed by atoms with E-state index in [-0.39, 0.29) is 48.9 Å². The smallest absolute Gasteiger partial charge is 0.427 e. The van der Waals surface area contributed by atoms with Crippen LogP contribution in [0.2, 0.25) is 0 Å². The Hall–Kier alpha value is -4.68. The predicted molar refractivity (Wildman–Crippen MR) is 201 cm³/mol. The maximum atomic E-state index is 15.0. The number of carbonyl (C=O) groups excluding carboxylic acids is 4. The molecule has 1 saturated heterocycles. The first-order valence-electron chi connectivity index (χ1n) is 19.4. The van der Waals surface area contributed by atoms with Crippen molar-refractivity contribution in [3.05, 3.63) is 42.4 Å². The minimum Gasteiger partial charge on any atom is -0.491 e. The molecule has 14 nitrogen and oxygen atoms in total. The molecule has 19 heteroatoms. The molecule has 1 aromatic heterocycles. The fourth-order valence-corrected chi connectivity index (χ4v) is 8.97. The first-order chi connectivity index (χ1) is 27.2. The summed E-state index contributed by atoms with van der Waals surface area (Å²) in [6.07, 6.45) is -0.280. The summed E-state index contributed by atoms with van der Waals surface area (Å²) in [5.74, 6) is -4.59. The van der Waals surface area contributed by atoms with Gasteiger partial charge in [-0.1, -0.05) is 26.0 Å². The Bertz CT molecular complexity index is 2080. The number of ether oxygens (including phenoxy) is 3. The number of carbonyl (C=O) groups is 4. The molecule has 2 aliphatic carbocycles. The first kappa shape index (κ1) is 42.9. The molecule has 4 amide bonds. The molecule has 318 valence electrons. The monoisotopic (exact) mass is 839 g/mol. The minimum absolute atomic E-state index is 0.0106. The van der Waals surface area contributed by atoms with E-state index in [2.05, 4.69) is 20.3 Å². The number of benzene rings is 1. The molecule has 7 atom stereocenters. The highest BCUT2D eigenvalue weighted by molar-refractivity contribution is 7.91. The van der Waals surface area contributed by atoms with Crippen LogP contribution in [-0.4, -0.2) is 96.0 Å². The average Bonchev–Trinajstić information content (AvgIpc) is 4.05. The van der Waals surface area contributed by atoms with Crippen LogP contribution in [0.3, 0.4) is 0 Å². The lowest BCUT2D eigenvalue weighted by Crippen LogP contribution is -2.59. The van der Waals surface area contributed by atoms with Crippen molar-refractivity contribution in [2.75, 3.05) is 13.2 Å². The van der Waals surface area contributed by atoms with Gasteiger partial charge < -0.3 is 29.7 Å². The van der Waals surface area contributed by atoms with E-state index in [1.807, 2.05) is 13.0 Å². The molecule has 1 unspecified atom stereocenters. The molecular formula is C39H49F4N5O9S. The number of amides is 4. The third-order valence-electron chi connectivity index (χ3n) is 11.3. The molecule has 3 heterocycles. The highest BCUT2D eigenvalue weighted by atomic mass is 32.2. The van der Waals surface area contributed by atoms with E-state index in [9.17, 15) is 40.8 Å². The SMILES string of the molecule is CCOc1cc2ccnc(O[C@@H]3C[C@H]4C(=O)N[C@]5(C(=O)NS(=O)(=O)C6CC6)CC5/C=C\CC[C@@H](C)C[C@@H](C)[C@H](NC(=O)OC(C)(C)C(F)(F)F)C(=O)N4C3)c2cc1F. The molecule has 3 N–H and O–H groups in total. The second-order valence-electron chi connectivity index (χ2n) is 16.3. The number of hydrogen-bond acceptors (Lipinski definition) is 10. The molecule has 3 fully saturated rings. The molecule has 58 heavy (non-hydrogen) atoms. The quantitative estimate of drug-likeness (QED) is 0.228. The number of alkyl carbamates (subject to hydrolysis) is 1. The Morgan fingerprint density at radius 1 is 1.10 bits per heavy atom. The zero-order chi connectivity index (χ0) is 42.4. The van der Waals surface area contributed by atoms with Crippen LogP contribution in [0.15, 0.2) is 36.5 Å². The molecule has 2 aliphatic heterocycles. The largest absolute Gasteiger partial charge is 0.491 e. The number of hydrogen-bond donors (Lipinski definition) is 3. The van der Waals surface area contributed by atoms with Gasteiger partial charge in [-0.3, -0.25) is 19.1 Å². The van der Waals surface area contributed by atoms with E-state index in [0.717, 1.165) is 4.90 Å². The molecular weight excluding hydrogens is 791 g/mol. The van der Waals surface area contributed by atoms with Gasteiger partial charge in [0.25, 0.3) is 5.91 Å². The number of fused-ring (bicyclic) bond motifs is 3. The summed E-state index contributed by atoms with van der Waals surface area (Å²) in [4.78, 5) is 61.4. The Morgan fingerprint density at radius 2 is 1.83 bits per heavy atom. The normalized spacial score (nSPS) is 28.9. The number of sulfonamides is 1. The Kier molecular flexibility index (Phi) is 12.0. The molecule has 0 bridgehead atoms. The van der Waals surface area contributed by atoms with Crippen molar-refractivity contribution in [3.63, 3.8) is 0 Å². The van der Waals surface area contributed by atoms with Crippen molar-refractivity contribution in [2.45, 2.75) is 120 Å². The first-order valence-corrected chi connectivity index (χ1v) is 21.0. The number of halogens is 4. The summed E-state index contributed by atoms with van der Waals surface area (Å²) < 4.78 is 100. The third-order valence-corrected chi connectivity index (χ3v) is 13.1. The second-order valence-corrected chi connectivity index (χ2v) is 18.3. The number of nitrogens with one attached hydrogen (secondary N) is 3. The Labute approximate surface area is 333 Å². The van der Waals surface area contributed by atoms with Gasteiger partial charge in [-0.25, -0.2) is 22.6 Å². The van der Waals surface area contributed by atoms with Crippen molar-refractivity contribution >= 4 is 44.6 Å². The number of nitrogens with zero attached hydrogens (tertiary/aromatic N) is 2. The predicted octanol–water partition coefficient (Wildman–Crippen LogP) is 5.05. The molecule has 0 spiro atoms. The number of rotatable bonds is 9. The number of alkyl halides is 3. The topological polar surface area (TPSA) is 182 Å². The maximum absolute atomic E-state index is 15.0. The van der Waals surface area contributed by atoms with Crippen LogP contribution in [0.5, 0.6) is 11.6 Å². The second kappa shape index (κ2) is 16.2. The van der Waals surface area contributed by atoms with Crippen LogP contribution in [0.4, 0.5) is 22.4 Å². The third kappa shape index (κ3) is 9.13. The van der Waals surface area contributed by atoms with E-state index in [0.29, 0.717) is 51.3 Å². The highest BCUT2D eigenvalue weighted by Crippen LogP contribution is 2.46. The van der Waals surface area contributed by atoms with Gasteiger partial charge in [0.2, 0.25) is 33.3 Å². The van der Waals surface area contributed by atoms with Crippen LogP contribution in [0.25, 0.3) is 10.8 Å². The van der Waals surface area contributed by atoms with E-state index in [4.69, 9.17) is 14.2 Å². The molecule has 2 aromatic rings. The summed E-state index contributed by atoms with van der Waals surface area (Å²) >= 11 is 0. The molecule has 0 radical (unpaired) electrons. The Balaban J connectivity index is 1.35. The van der Waals surface area contributed by atoms with Gasteiger partial charge in [0, 0.05) is 23.9 Å². The number of pyridine rings is 1. The van der Waals surface area contributed by atoms with Crippen molar-refractivity contribution in [1.29, 1.82) is 0 Å². The van der Waals surface area contributed by atoms with Gasteiger partial charge in [0.05, 0.1) is 18.4 Å². The number of allylic oxidation sites excluding steroid dienone is 1. The van der Waals surface area contributed by atoms with E-state index >= 15 is 4.39 Å². The summed E-state index contributed by atoms with van der Waals surface area (Å²) in [6.45, 7) is 6.54. The van der Waals surface area contributed by atoms with Crippen molar-refractivity contribution in [1.82, 2.24) is 25.2 Å². The van der Waals surface area contributed by atoms with Crippen LogP contribution in [0.1, 0.15) is 79.6 Å².